The summed E-state index contributed by atoms with van der Waals surface area (Å²) < 4.78 is 65.2. The molecule has 0 saturated carbocycles. The molecule has 25 heavy (non-hydrogen) atoms. The molecule has 1 aromatic carbocycles. The number of alkyl halides is 3. The van der Waals surface area contributed by atoms with Crippen molar-refractivity contribution in [3.63, 3.8) is 0 Å². The standard InChI is InChI=1S/C15H17ClF3N3O2S/c1-11(9-20)10-21-4-6-22(7-5-21)25(23,24)12-2-3-14(16)13(8-12)15(17,18)19/h2-3,8,11H,4-7,10H2,1H3/p+1/t11-/m1/s1. The van der Waals surface area contributed by atoms with Crippen molar-refractivity contribution in [1.29, 1.82) is 5.26 Å². The van der Waals surface area contributed by atoms with Crippen molar-refractivity contribution in [2.24, 2.45) is 5.92 Å². The molecule has 138 valence electrons. The number of sulfonamides is 1. The predicted octanol–water partition coefficient (Wildman–Crippen LogP) is 1.41. The number of quaternary nitrogens is 1. The molecule has 1 heterocycles. The summed E-state index contributed by atoms with van der Waals surface area (Å²) in [7, 11) is -4.02. The van der Waals surface area contributed by atoms with Crippen LogP contribution in [0.5, 0.6) is 0 Å². The van der Waals surface area contributed by atoms with Gasteiger partial charge >= 0.3 is 6.18 Å². The van der Waals surface area contributed by atoms with E-state index in [4.69, 9.17) is 16.9 Å². The van der Waals surface area contributed by atoms with Crippen molar-refractivity contribution < 1.29 is 26.5 Å². The lowest BCUT2D eigenvalue weighted by molar-refractivity contribution is -0.905. The number of nitriles is 1. The minimum absolute atomic E-state index is 0.135. The van der Waals surface area contributed by atoms with E-state index in [1.807, 2.05) is 0 Å². The summed E-state index contributed by atoms with van der Waals surface area (Å²) in [6.45, 7) is 3.81. The van der Waals surface area contributed by atoms with E-state index in [2.05, 4.69) is 6.07 Å². The average molecular weight is 397 g/mol. The highest BCUT2D eigenvalue weighted by molar-refractivity contribution is 7.89. The van der Waals surface area contributed by atoms with Gasteiger partial charge in [0.15, 0.2) is 0 Å². The van der Waals surface area contributed by atoms with E-state index in [1.165, 1.54) is 4.31 Å². The van der Waals surface area contributed by atoms with Gasteiger partial charge in [-0.3, -0.25) is 0 Å². The number of nitrogens with one attached hydrogen (secondary N) is 1. The Balaban J connectivity index is 2.17. The fourth-order valence-electron chi connectivity index (χ4n) is 2.76. The first kappa shape index (κ1) is 20.0. The minimum atomic E-state index is -4.72. The first-order chi connectivity index (χ1) is 11.6. The molecule has 0 unspecified atom stereocenters. The number of benzene rings is 1. The van der Waals surface area contributed by atoms with Crippen LogP contribution in [0.4, 0.5) is 13.2 Å². The van der Waals surface area contributed by atoms with Crippen LogP contribution in [0, 0.1) is 17.2 Å². The quantitative estimate of drug-likeness (QED) is 0.836. The minimum Gasteiger partial charge on any atom is -0.332 e. The second-order valence-electron chi connectivity index (χ2n) is 6.03. The number of rotatable bonds is 4. The fourth-order valence-corrected chi connectivity index (χ4v) is 4.45. The highest BCUT2D eigenvalue weighted by Crippen LogP contribution is 2.36. The van der Waals surface area contributed by atoms with Gasteiger partial charge in [-0.25, -0.2) is 8.42 Å². The summed E-state index contributed by atoms with van der Waals surface area (Å²) >= 11 is 5.54. The van der Waals surface area contributed by atoms with Gasteiger partial charge in [0.25, 0.3) is 0 Å². The summed E-state index contributed by atoms with van der Waals surface area (Å²) in [6.07, 6.45) is -4.72. The lowest BCUT2D eigenvalue weighted by Crippen LogP contribution is -3.15. The molecule has 1 N–H and O–H groups in total. The van der Waals surface area contributed by atoms with Crippen LogP contribution in [0.25, 0.3) is 0 Å². The van der Waals surface area contributed by atoms with Crippen molar-refractivity contribution in [2.75, 3.05) is 32.7 Å². The molecule has 1 aliphatic heterocycles. The van der Waals surface area contributed by atoms with Crippen molar-refractivity contribution >= 4 is 21.6 Å². The van der Waals surface area contributed by atoms with Crippen molar-refractivity contribution in [2.45, 2.75) is 18.0 Å². The Morgan fingerprint density at radius 3 is 2.48 bits per heavy atom. The molecule has 5 nitrogen and oxygen atoms in total. The maximum atomic E-state index is 12.9. The number of hydrogen-bond acceptors (Lipinski definition) is 3. The summed E-state index contributed by atoms with van der Waals surface area (Å²) in [5.74, 6) is -0.135. The van der Waals surface area contributed by atoms with Gasteiger partial charge < -0.3 is 4.90 Å². The predicted molar refractivity (Wildman–Crippen MR) is 85.6 cm³/mol. The third-order valence-corrected chi connectivity index (χ3v) is 6.35. The van der Waals surface area contributed by atoms with Gasteiger partial charge in [-0.15, -0.1) is 0 Å². The molecular weight excluding hydrogens is 379 g/mol. The van der Waals surface area contributed by atoms with Crippen LogP contribution in [-0.2, 0) is 16.2 Å². The summed E-state index contributed by atoms with van der Waals surface area (Å²) in [6, 6.07) is 4.75. The molecule has 1 aliphatic rings. The lowest BCUT2D eigenvalue weighted by Gasteiger charge is -2.32. The Labute approximate surface area is 149 Å². The third-order valence-electron chi connectivity index (χ3n) is 4.13. The van der Waals surface area contributed by atoms with Gasteiger partial charge in [-0.2, -0.15) is 22.7 Å². The molecule has 0 aliphatic carbocycles. The van der Waals surface area contributed by atoms with Gasteiger partial charge in [0, 0.05) is 0 Å². The van der Waals surface area contributed by atoms with Crippen LogP contribution >= 0.6 is 11.6 Å². The van der Waals surface area contributed by atoms with E-state index in [1.54, 1.807) is 6.92 Å². The highest BCUT2D eigenvalue weighted by Gasteiger charge is 2.36. The van der Waals surface area contributed by atoms with Crippen LogP contribution in [-0.4, -0.2) is 45.4 Å². The average Bonchev–Trinajstić information content (AvgIpc) is 2.54. The molecule has 0 bridgehead atoms. The van der Waals surface area contributed by atoms with Gasteiger partial charge in [0.1, 0.15) is 0 Å². The molecule has 2 rings (SSSR count). The Morgan fingerprint density at radius 1 is 1.36 bits per heavy atom. The zero-order valence-corrected chi connectivity index (χ0v) is 15.0. The third kappa shape index (κ3) is 4.64. The maximum Gasteiger partial charge on any atom is 0.417 e. The topological polar surface area (TPSA) is 65.6 Å². The van der Waals surface area contributed by atoms with Crippen LogP contribution in [0.15, 0.2) is 23.1 Å². The molecule has 10 heteroatoms. The van der Waals surface area contributed by atoms with E-state index in [-0.39, 0.29) is 19.0 Å². The van der Waals surface area contributed by atoms with E-state index in [9.17, 15) is 21.6 Å². The van der Waals surface area contributed by atoms with Gasteiger partial charge in [0.05, 0.1) is 60.2 Å². The largest absolute Gasteiger partial charge is 0.417 e. The fraction of sp³-hybridized carbons (Fsp3) is 0.533. The molecular formula is C15H18ClF3N3O2S+. The summed E-state index contributed by atoms with van der Waals surface area (Å²) in [4.78, 5) is 0.686. The Kier molecular flexibility index (Phi) is 5.99. The van der Waals surface area contributed by atoms with E-state index in [0.717, 1.165) is 17.0 Å². The zero-order valence-electron chi connectivity index (χ0n) is 13.5. The number of halogens is 4. The Morgan fingerprint density at radius 2 is 1.96 bits per heavy atom. The zero-order chi connectivity index (χ0) is 18.8. The monoisotopic (exact) mass is 396 g/mol. The van der Waals surface area contributed by atoms with Crippen molar-refractivity contribution in [1.82, 2.24) is 4.31 Å². The van der Waals surface area contributed by atoms with Crippen LogP contribution in [0.3, 0.4) is 0 Å². The van der Waals surface area contributed by atoms with Crippen LogP contribution in [0.2, 0.25) is 5.02 Å². The van der Waals surface area contributed by atoms with E-state index >= 15 is 0 Å². The SMILES string of the molecule is C[C@H](C#N)C[NH+]1CCN(S(=O)(=O)c2ccc(Cl)c(C(F)(F)F)c2)CC1. The normalized spacial score (nSPS) is 18.7. The van der Waals surface area contributed by atoms with Crippen molar-refractivity contribution in [3.8, 4) is 6.07 Å². The van der Waals surface area contributed by atoms with E-state index in [0.29, 0.717) is 25.7 Å². The number of nitrogens with zero attached hydrogens (tertiary/aromatic N) is 2. The molecule has 1 saturated heterocycles. The van der Waals surface area contributed by atoms with Gasteiger partial charge in [-0.1, -0.05) is 11.6 Å². The van der Waals surface area contributed by atoms with Crippen LogP contribution in [0.1, 0.15) is 12.5 Å². The second kappa shape index (κ2) is 7.50. The van der Waals surface area contributed by atoms with E-state index < -0.39 is 31.7 Å². The Hall–Kier alpha value is -1.34. The number of piperazine rings is 1. The summed E-state index contributed by atoms with van der Waals surface area (Å²) in [5, 5.41) is 8.30. The number of hydrogen-bond donors (Lipinski definition) is 1. The first-order valence-corrected chi connectivity index (χ1v) is 9.47. The van der Waals surface area contributed by atoms with Crippen molar-refractivity contribution in [3.05, 3.63) is 28.8 Å². The molecule has 1 atom stereocenters. The van der Waals surface area contributed by atoms with Gasteiger partial charge in [0.2, 0.25) is 10.0 Å². The molecule has 0 radical (unpaired) electrons. The molecule has 0 spiro atoms. The summed E-state index contributed by atoms with van der Waals surface area (Å²) in [5.41, 5.74) is -1.16. The molecule has 0 aromatic heterocycles. The molecule has 0 amide bonds. The van der Waals surface area contributed by atoms with Crippen LogP contribution < -0.4 is 4.90 Å². The second-order valence-corrected chi connectivity index (χ2v) is 8.37. The maximum absolute atomic E-state index is 12.9. The highest BCUT2D eigenvalue weighted by atomic mass is 35.5. The first-order valence-electron chi connectivity index (χ1n) is 7.65. The smallest absolute Gasteiger partial charge is 0.332 e. The lowest BCUT2D eigenvalue weighted by atomic mass is 10.2. The molecule has 1 fully saturated rings. The molecule has 1 aromatic rings. The van der Waals surface area contributed by atoms with Gasteiger partial charge in [-0.05, 0) is 25.1 Å². The Bertz CT molecular complexity index is 769.